The molecular weight excluding hydrogens is 348 g/mol. The molecule has 0 fully saturated rings. The van der Waals surface area contributed by atoms with Crippen molar-refractivity contribution in [3.8, 4) is 0 Å². The van der Waals surface area contributed by atoms with E-state index >= 15 is 0 Å². The molecule has 0 aliphatic carbocycles. The number of nitrogens with one attached hydrogen (secondary N) is 1. The quantitative estimate of drug-likeness (QED) is 0.852. The number of nitrogens with zero attached hydrogens (tertiary/aromatic N) is 3. The highest BCUT2D eigenvalue weighted by molar-refractivity contribution is 7.88. The first-order chi connectivity index (χ1) is 11.4. The van der Waals surface area contributed by atoms with Gasteiger partial charge in [-0.25, -0.2) is 8.42 Å². The minimum atomic E-state index is -3.21. The van der Waals surface area contributed by atoms with Gasteiger partial charge in [-0.1, -0.05) is 0 Å². The van der Waals surface area contributed by atoms with Crippen LogP contribution in [0, 0.1) is 0 Å². The van der Waals surface area contributed by atoms with Crippen LogP contribution < -0.4 is 5.32 Å². The lowest BCUT2D eigenvalue weighted by atomic mass is 10.2. The van der Waals surface area contributed by atoms with Gasteiger partial charge >= 0.3 is 0 Å². The Morgan fingerprint density at radius 3 is 2.96 bits per heavy atom. The molecule has 0 bridgehead atoms. The van der Waals surface area contributed by atoms with E-state index in [4.69, 9.17) is 0 Å². The van der Waals surface area contributed by atoms with Crippen LogP contribution in [0.25, 0.3) is 0 Å². The Balaban J connectivity index is 1.61. The van der Waals surface area contributed by atoms with E-state index in [1.54, 1.807) is 11.3 Å². The summed E-state index contributed by atoms with van der Waals surface area (Å²) in [7, 11) is -3.21. The molecule has 0 radical (unpaired) electrons. The molecule has 0 saturated carbocycles. The summed E-state index contributed by atoms with van der Waals surface area (Å²) in [5.41, 5.74) is 2.61. The standard InChI is InChI=1S/C15H20N4O3S2/c1-24(21,22)18-4-2-5-19-14(10-18)8-13(17-19)9-16-15(20)7-12-3-6-23-11-12/h3,6,8,11H,2,4-5,7,9-10H2,1H3,(H,16,20). The fourth-order valence-corrected chi connectivity index (χ4v) is 4.19. The molecule has 7 nitrogen and oxygen atoms in total. The second-order valence-electron chi connectivity index (χ2n) is 5.89. The van der Waals surface area contributed by atoms with Crippen LogP contribution in [-0.4, -0.2) is 41.2 Å². The van der Waals surface area contributed by atoms with E-state index in [-0.39, 0.29) is 5.91 Å². The Labute approximate surface area is 145 Å². The Kier molecular flexibility index (Phi) is 5.02. The van der Waals surface area contributed by atoms with Crippen LogP contribution in [0.5, 0.6) is 0 Å². The maximum Gasteiger partial charge on any atom is 0.224 e. The van der Waals surface area contributed by atoms with Crippen LogP contribution in [0.1, 0.15) is 23.4 Å². The monoisotopic (exact) mass is 368 g/mol. The van der Waals surface area contributed by atoms with Crippen molar-refractivity contribution in [1.29, 1.82) is 0 Å². The zero-order valence-corrected chi connectivity index (χ0v) is 15.1. The molecule has 1 aliphatic heterocycles. The fraction of sp³-hybridized carbons (Fsp3) is 0.467. The lowest BCUT2D eigenvalue weighted by Crippen LogP contribution is -2.29. The molecule has 9 heteroatoms. The third kappa shape index (κ3) is 4.22. The number of carbonyl (C=O) groups is 1. The van der Waals surface area contributed by atoms with Crippen molar-refractivity contribution < 1.29 is 13.2 Å². The second kappa shape index (κ2) is 7.04. The van der Waals surface area contributed by atoms with E-state index < -0.39 is 10.0 Å². The van der Waals surface area contributed by atoms with Gasteiger partial charge in [-0.3, -0.25) is 9.48 Å². The molecule has 0 aromatic carbocycles. The first-order valence-electron chi connectivity index (χ1n) is 7.70. The SMILES string of the molecule is CS(=O)(=O)N1CCCn2nc(CNC(=O)Cc3ccsc3)cc2C1. The summed E-state index contributed by atoms with van der Waals surface area (Å²) >= 11 is 1.57. The molecule has 130 valence electrons. The Morgan fingerprint density at radius 2 is 2.25 bits per heavy atom. The number of sulfonamides is 1. The van der Waals surface area contributed by atoms with Gasteiger partial charge in [0.05, 0.1) is 37.2 Å². The average molecular weight is 368 g/mol. The van der Waals surface area contributed by atoms with Gasteiger partial charge in [0.2, 0.25) is 15.9 Å². The van der Waals surface area contributed by atoms with E-state index in [1.165, 1.54) is 10.6 Å². The van der Waals surface area contributed by atoms with Crippen molar-refractivity contribution in [2.75, 3.05) is 12.8 Å². The number of carbonyl (C=O) groups excluding carboxylic acids is 1. The first kappa shape index (κ1) is 17.1. The van der Waals surface area contributed by atoms with Crippen molar-refractivity contribution in [2.45, 2.75) is 32.5 Å². The maximum absolute atomic E-state index is 11.9. The molecule has 1 N–H and O–H groups in total. The molecule has 3 heterocycles. The summed E-state index contributed by atoms with van der Waals surface area (Å²) in [5, 5.41) is 11.2. The number of aromatic nitrogens is 2. The van der Waals surface area contributed by atoms with Crippen molar-refractivity contribution in [3.05, 3.63) is 39.8 Å². The van der Waals surface area contributed by atoms with Crippen LogP contribution in [0.2, 0.25) is 0 Å². The largest absolute Gasteiger partial charge is 0.350 e. The Morgan fingerprint density at radius 1 is 1.42 bits per heavy atom. The molecule has 24 heavy (non-hydrogen) atoms. The number of hydrogen-bond donors (Lipinski definition) is 1. The molecule has 1 amide bonds. The number of aryl methyl sites for hydroxylation is 1. The molecule has 0 saturated heterocycles. The first-order valence-corrected chi connectivity index (χ1v) is 10.5. The van der Waals surface area contributed by atoms with E-state index in [0.717, 1.165) is 23.4 Å². The predicted octanol–water partition coefficient (Wildman–Crippen LogP) is 0.969. The highest BCUT2D eigenvalue weighted by Gasteiger charge is 2.22. The van der Waals surface area contributed by atoms with Gasteiger partial charge < -0.3 is 5.32 Å². The van der Waals surface area contributed by atoms with Gasteiger partial charge in [0.25, 0.3) is 0 Å². The van der Waals surface area contributed by atoms with Gasteiger partial charge in [0.15, 0.2) is 0 Å². The zero-order valence-electron chi connectivity index (χ0n) is 13.4. The smallest absolute Gasteiger partial charge is 0.224 e. The minimum Gasteiger partial charge on any atom is -0.350 e. The summed E-state index contributed by atoms with van der Waals surface area (Å²) < 4.78 is 26.8. The van der Waals surface area contributed by atoms with Gasteiger partial charge in [-0.05, 0) is 34.9 Å². The maximum atomic E-state index is 11.9. The summed E-state index contributed by atoms with van der Waals surface area (Å²) in [6.45, 7) is 1.87. The van der Waals surface area contributed by atoms with Crippen molar-refractivity contribution in [3.63, 3.8) is 0 Å². The van der Waals surface area contributed by atoms with Crippen LogP contribution >= 0.6 is 11.3 Å². The molecule has 0 unspecified atom stereocenters. The van der Waals surface area contributed by atoms with Crippen LogP contribution in [-0.2, 0) is 40.9 Å². The second-order valence-corrected chi connectivity index (χ2v) is 8.65. The number of thiophene rings is 1. The van der Waals surface area contributed by atoms with Gasteiger partial charge in [0, 0.05) is 13.1 Å². The van der Waals surface area contributed by atoms with Gasteiger partial charge in [-0.15, -0.1) is 0 Å². The third-order valence-electron chi connectivity index (χ3n) is 3.91. The molecule has 2 aromatic rings. The molecule has 1 aliphatic rings. The Bertz CT molecular complexity index is 812. The number of rotatable bonds is 5. The number of amides is 1. The van der Waals surface area contributed by atoms with Crippen LogP contribution in [0.4, 0.5) is 0 Å². The molecule has 0 spiro atoms. The van der Waals surface area contributed by atoms with E-state index in [2.05, 4.69) is 10.4 Å². The topological polar surface area (TPSA) is 84.3 Å². The predicted molar refractivity (Wildman–Crippen MR) is 92.0 cm³/mol. The van der Waals surface area contributed by atoms with E-state index in [9.17, 15) is 13.2 Å². The average Bonchev–Trinajstić information content (AvgIpc) is 3.09. The lowest BCUT2D eigenvalue weighted by Gasteiger charge is -2.16. The fourth-order valence-electron chi connectivity index (χ4n) is 2.69. The van der Waals surface area contributed by atoms with Crippen LogP contribution in [0.3, 0.4) is 0 Å². The summed E-state index contributed by atoms with van der Waals surface area (Å²) in [5.74, 6) is -0.0469. The van der Waals surface area contributed by atoms with Crippen molar-refractivity contribution in [2.24, 2.45) is 0 Å². The number of fused-ring (bicyclic) bond motifs is 1. The highest BCUT2D eigenvalue weighted by atomic mass is 32.2. The zero-order chi connectivity index (χ0) is 17.2. The van der Waals surface area contributed by atoms with Crippen molar-refractivity contribution >= 4 is 27.3 Å². The minimum absolute atomic E-state index is 0.0469. The van der Waals surface area contributed by atoms with Crippen LogP contribution in [0.15, 0.2) is 22.9 Å². The molecular formula is C15H20N4O3S2. The lowest BCUT2D eigenvalue weighted by molar-refractivity contribution is -0.120. The highest BCUT2D eigenvalue weighted by Crippen LogP contribution is 2.16. The third-order valence-corrected chi connectivity index (χ3v) is 5.89. The summed E-state index contributed by atoms with van der Waals surface area (Å²) in [6.07, 6.45) is 2.31. The molecule has 3 rings (SSSR count). The van der Waals surface area contributed by atoms with Crippen molar-refractivity contribution in [1.82, 2.24) is 19.4 Å². The number of hydrogen-bond acceptors (Lipinski definition) is 5. The van der Waals surface area contributed by atoms with E-state index in [1.807, 2.05) is 27.6 Å². The van der Waals surface area contributed by atoms with Gasteiger partial charge in [0.1, 0.15) is 0 Å². The molecule has 2 aromatic heterocycles. The molecule has 0 atom stereocenters. The summed E-state index contributed by atoms with van der Waals surface area (Å²) in [6, 6.07) is 3.80. The van der Waals surface area contributed by atoms with E-state index in [0.29, 0.717) is 32.6 Å². The Hall–Kier alpha value is -1.71. The summed E-state index contributed by atoms with van der Waals surface area (Å²) in [4.78, 5) is 11.9. The normalized spacial score (nSPS) is 15.7. The van der Waals surface area contributed by atoms with Gasteiger partial charge in [-0.2, -0.15) is 20.7 Å².